The SMILES string of the molecule is CN1Cc2cc(NS(=O)(=O)c3cccc(S(N)(=O)=O)c3)ccc2NC1=O. The molecule has 2 aromatic carbocycles. The van der Waals surface area contributed by atoms with Crippen LogP contribution >= 0.6 is 0 Å². The first-order chi connectivity index (χ1) is 12.1. The summed E-state index contributed by atoms with van der Waals surface area (Å²) in [6, 6.07) is 9.23. The number of sulfonamides is 2. The third-order valence-electron chi connectivity index (χ3n) is 3.80. The number of carbonyl (C=O) groups excluding carboxylic acids is 1. The van der Waals surface area contributed by atoms with Gasteiger partial charge in [-0.1, -0.05) is 6.07 Å². The van der Waals surface area contributed by atoms with Gasteiger partial charge in [0.2, 0.25) is 10.0 Å². The standard InChI is InChI=1S/C15H16N4O5S2/c1-19-9-10-7-11(5-6-14(10)17-15(19)20)18-26(23,24)13-4-2-3-12(8-13)25(16,21)22/h2-8,18H,9H2,1H3,(H,17,20)(H2,16,21,22). The zero-order valence-electron chi connectivity index (χ0n) is 13.6. The van der Waals surface area contributed by atoms with Crippen molar-refractivity contribution >= 4 is 37.5 Å². The lowest BCUT2D eigenvalue weighted by molar-refractivity contribution is 0.218. The van der Waals surface area contributed by atoms with Gasteiger partial charge in [0, 0.05) is 25.0 Å². The molecule has 0 aliphatic carbocycles. The molecule has 0 spiro atoms. The molecule has 2 aromatic rings. The van der Waals surface area contributed by atoms with Crippen LogP contribution in [0.3, 0.4) is 0 Å². The van der Waals surface area contributed by atoms with E-state index in [1.165, 1.54) is 29.2 Å². The van der Waals surface area contributed by atoms with Crippen molar-refractivity contribution in [3.63, 3.8) is 0 Å². The van der Waals surface area contributed by atoms with Gasteiger partial charge in [-0.05, 0) is 42.0 Å². The summed E-state index contributed by atoms with van der Waals surface area (Å²) in [4.78, 5) is 12.5. The van der Waals surface area contributed by atoms with E-state index in [1.807, 2.05) is 0 Å². The van der Waals surface area contributed by atoms with Crippen LogP contribution in [0.1, 0.15) is 5.56 Å². The van der Waals surface area contributed by atoms with Gasteiger partial charge in [0.15, 0.2) is 0 Å². The third-order valence-corrected chi connectivity index (χ3v) is 6.09. The van der Waals surface area contributed by atoms with Crippen molar-refractivity contribution in [3.8, 4) is 0 Å². The molecule has 0 radical (unpaired) electrons. The molecule has 138 valence electrons. The molecule has 9 nitrogen and oxygen atoms in total. The summed E-state index contributed by atoms with van der Waals surface area (Å²) >= 11 is 0. The molecule has 0 unspecified atom stereocenters. The summed E-state index contributed by atoms with van der Waals surface area (Å²) < 4.78 is 50.3. The highest BCUT2D eigenvalue weighted by molar-refractivity contribution is 7.93. The Morgan fingerprint density at radius 2 is 1.77 bits per heavy atom. The van der Waals surface area contributed by atoms with Crippen molar-refractivity contribution in [2.75, 3.05) is 17.1 Å². The summed E-state index contributed by atoms with van der Waals surface area (Å²) in [5.41, 5.74) is 1.63. The summed E-state index contributed by atoms with van der Waals surface area (Å²) in [7, 11) is -6.42. The lowest BCUT2D eigenvalue weighted by Gasteiger charge is -2.26. The van der Waals surface area contributed by atoms with Gasteiger partial charge in [0.1, 0.15) is 0 Å². The molecule has 0 saturated heterocycles. The highest BCUT2D eigenvalue weighted by Gasteiger charge is 2.21. The first kappa shape index (κ1) is 18.2. The van der Waals surface area contributed by atoms with E-state index in [4.69, 9.17) is 5.14 Å². The second kappa shape index (κ2) is 6.27. The van der Waals surface area contributed by atoms with Crippen molar-refractivity contribution in [3.05, 3.63) is 48.0 Å². The van der Waals surface area contributed by atoms with Crippen LogP contribution in [0.25, 0.3) is 0 Å². The van der Waals surface area contributed by atoms with Crippen molar-refractivity contribution in [1.82, 2.24) is 4.90 Å². The third kappa shape index (κ3) is 3.64. The number of carbonyl (C=O) groups is 1. The van der Waals surface area contributed by atoms with Crippen LogP contribution < -0.4 is 15.2 Å². The second-order valence-corrected chi connectivity index (χ2v) is 9.03. The van der Waals surface area contributed by atoms with Crippen molar-refractivity contribution in [2.24, 2.45) is 5.14 Å². The number of nitrogens with one attached hydrogen (secondary N) is 2. The Kier molecular flexibility index (Phi) is 4.38. The fraction of sp³-hybridized carbons (Fsp3) is 0.133. The van der Waals surface area contributed by atoms with Gasteiger partial charge in [0.25, 0.3) is 10.0 Å². The summed E-state index contributed by atoms with van der Waals surface area (Å²) in [6.07, 6.45) is 0. The van der Waals surface area contributed by atoms with Crippen molar-refractivity contribution in [1.29, 1.82) is 0 Å². The zero-order chi connectivity index (χ0) is 19.1. The summed E-state index contributed by atoms with van der Waals surface area (Å²) in [6.45, 7) is 0.331. The van der Waals surface area contributed by atoms with Crippen LogP contribution in [0.5, 0.6) is 0 Å². The lowest BCUT2D eigenvalue weighted by Crippen LogP contribution is -2.35. The Balaban J connectivity index is 1.91. The fourth-order valence-electron chi connectivity index (χ4n) is 2.48. The van der Waals surface area contributed by atoms with E-state index in [9.17, 15) is 21.6 Å². The first-order valence-electron chi connectivity index (χ1n) is 7.37. The zero-order valence-corrected chi connectivity index (χ0v) is 15.3. The predicted molar refractivity (Wildman–Crippen MR) is 95.6 cm³/mol. The van der Waals surface area contributed by atoms with Crippen LogP contribution in [0, 0.1) is 0 Å². The van der Waals surface area contributed by atoms with Crippen LogP contribution in [0.2, 0.25) is 0 Å². The Hall–Kier alpha value is -2.63. The van der Waals surface area contributed by atoms with Crippen LogP contribution in [-0.2, 0) is 26.6 Å². The molecule has 3 rings (SSSR count). The number of amides is 2. The number of nitrogens with two attached hydrogens (primary N) is 1. The van der Waals surface area contributed by atoms with E-state index in [-0.39, 0.29) is 21.5 Å². The van der Waals surface area contributed by atoms with Gasteiger partial charge >= 0.3 is 6.03 Å². The lowest BCUT2D eigenvalue weighted by atomic mass is 10.1. The van der Waals surface area contributed by atoms with Crippen molar-refractivity contribution in [2.45, 2.75) is 16.3 Å². The number of hydrogen-bond acceptors (Lipinski definition) is 5. The predicted octanol–water partition coefficient (Wildman–Crippen LogP) is 1.11. The van der Waals surface area contributed by atoms with E-state index in [0.29, 0.717) is 12.2 Å². The first-order valence-corrected chi connectivity index (χ1v) is 10.4. The topological polar surface area (TPSA) is 139 Å². The Morgan fingerprint density at radius 1 is 1.08 bits per heavy atom. The quantitative estimate of drug-likeness (QED) is 0.710. The van der Waals surface area contributed by atoms with Gasteiger partial charge in [-0.15, -0.1) is 0 Å². The van der Waals surface area contributed by atoms with Crippen LogP contribution in [0.15, 0.2) is 52.3 Å². The van der Waals surface area contributed by atoms with Gasteiger partial charge in [-0.25, -0.2) is 26.8 Å². The van der Waals surface area contributed by atoms with Gasteiger partial charge in [-0.2, -0.15) is 0 Å². The highest BCUT2D eigenvalue weighted by atomic mass is 32.2. The maximum atomic E-state index is 12.5. The van der Waals surface area contributed by atoms with Gasteiger partial charge < -0.3 is 10.2 Å². The number of rotatable bonds is 4. The summed E-state index contributed by atoms with van der Waals surface area (Å²) in [5, 5.41) is 7.72. The Morgan fingerprint density at radius 3 is 2.46 bits per heavy atom. The smallest absolute Gasteiger partial charge is 0.321 e. The molecular formula is C15H16N4O5S2. The fourth-order valence-corrected chi connectivity index (χ4v) is 4.21. The number of hydrogen-bond donors (Lipinski definition) is 3. The molecule has 0 fully saturated rings. The molecule has 0 aromatic heterocycles. The maximum Gasteiger partial charge on any atom is 0.321 e. The van der Waals surface area contributed by atoms with Crippen molar-refractivity contribution < 1.29 is 21.6 Å². The monoisotopic (exact) mass is 396 g/mol. The molecule has 4 N–H and O–H groups in total. The van der Waals surface area contributed by atoms with Crippen LogP contribution in [0.4, 0.5) is 16.2 Å². The minimum atomic E-state index is -4.02. The van der Waals surface area contributed by atoms with Gasteiger partial charge in [0.05, 0.1) is 9.79 Å². The molecule has 1 heterocycles. The molecule has 11 heteroatoms. The number of urea groups is 1. The minimum Gasteiger partial charge on any atom is -0.323 e. The number of nitrogens with zero attached hydrogens (tertiary/aromatic N) is 1. The largest absolute Gasteiger partial charge is 0.323 e. The van der Waals surface area contributed by atoms with E-state index in [2.05, 4.69) is 10.0 Å². The number of primary sulfonamides is 1. The average molecular weight is 396 g/mol. The summed E-state index contributed by atoms with van der Waals surface area (Å²) in [5.74, 6) is 0. The van der Waals surface area contributed by atoms with Gasteiger partial charge in [-0.3, -0.25) is 4.72 Å². The molecule has 0 saturated carbocycles. The van der Waals surface area contributed by atoms with Crippen LogP contribution in [-0.4, -0.2) is 34.8 Å². The molecule has 0 atom stereocenters. The van der Waals surface area contributed by atoms with E-state index < -0.39 is 20.0 Å². The molecule has 1 aliphatic heterocycles. The van der Waals surface area contributed by atoms with E-state index in [1.54, 1.807) is 19.2 Å². The Bertz CT molecular complexity index is 1100. The molecule has 1 aliphatic rings. The highest BCUT2D eigenvalue weighted by Crippen LogP contribution is 2.27. The second-order valence-electron chi connectivity index (χ2n) is 5.78. The average Bonchev–Trinajstić information content (AvgIpc) is 2.55. The molecule has 0 bridgehead atoms. The normalized spacial score (nSPS) is 14.5. The Labute approximate surface area is 150 Å². The number of fused-ring (bicyclic) bond motifs is 1. The maximum absolute atomic E-state index is 12.5. The molecule has 2 amide bonds. The molecular weight excluding hydrogens is 380 g/mol. The minimum absolute atomic E-state index is 0.229. The number of benzene rings is 2. The van der Waals surface area contributed by atoms with E-state index in [0.717, 1.165) is 11.6 Å². The molecule has 26 heavy (non-hydrogen) atoms. The number of anilines is 2. The van der Waals surface area contributed by atoms with E-state index >= 15 is 0 Å².